The Hall–Kier alpha value is -1.14. The van der Waals surface area contributed by atoms with Crippen molar-refractivity contribution in [1.82, 2.24) is 0 Å². The maximum Gasteiger partial charge on any atom is 0.416 e. The summed E-state index contributed by atoms with van der Waals surface area (Å²) in [4.78, 5) is 0. The van der Waals surface area contributed by atoms with Gasteiger partial charge in [-0.2, -0.15) is 13.2 Å². The predicted octanol–water partition coefficient (Wildman–Crippen LogP) is 2.41. The standard InChI is InChI=1S/C10H8F4O2/c11-7-2-6(10(12,13)14)1-5-3-16-4-8(15)9(5)7/h1-2,8,15H,3-4H2/t8-/m0/s1. The number of rotatable bonds is 0. The van der Waals surface area contributed by atoms with Crippen molar-refractivity contribution in [2.45, 2.75) is 18.9 Å². The monoisotopic (exact) mass is 236 g/mol. The molecule has 1 aromatic rings. The largest absolute Gasteiger partial charge is 0.416 e. The van der Waals surface area contributed by atoms with Crippen LogP contribution in [-0.2, 0) is 17.5 Å². The molecule has 2 nitrogen and oxygen atoms in total. The van der Waals surface area contributed by atoms with Crippen LogP contribution in [0, 0.1) is 5.82 Å². The van der Waals surface area contributed by atoms with Crippen LogP contribution in [0.5, 0.6) is 0 Å². The van der Waals surface area contributed by atoms with Gasteiger partial charge in [-0.15, -0.1) is 0 Å². The third-order valence-corrected chi connectivity index (χ3v) is 2.41. The Morgan fingerprint density at radius 3 is 2.62 bits per heavy atom. The highest BCUT2D eigenvalue weighted by Crippen LogP contribution is 2.35. The molecule has 1 heterocycles. The molecule has 0 bridgehead atoms. The topological polar surface area (TPSA) is 29.5 Å². The van der Waals surface area contributed by atoms with Crippen LogP contribution >= 0.6 is 0 Å². The average molecular weight is 236 g/mol. The maximum atomic E-state index is 13.4. The minimum absolute atomic E-state index is 0.0473. The Bertz CT molecular complexity index is 414. The minimum atomic E-state index is -4.60. The number of benzene rings is 1. The second kappa shape index (κ2) is 3.71. The molecule has 0 spiro atoms. The summed E-state index contributed by atoms with van der Waals surface area (Å²) in [5.41, 5.74) is -1.12. The molecule has 1 aliphatic heterocycles. The summed E-state index contributed by atoms with van der Waals surface area (Å²) in [6.45, 7) is -0.220. The number of halogens is 4. The number of hydrogen-bond acceptors (Lipinski definition) is 2. The molecule has 1 N–H and O–H groups in total. The van der Waals surface area contributed by atoms with Crippen molar-refractivity contribution in [1.29, 1.82) is 0 Å². The second-order valence-electron chi connectivity index (χ2n) is 3.56. The van der Waals surface area contributed by atoms with Crippen LogP contribution in [0.4, 0.5) is 17.6 Å². The highest BCUT2D eigenvalue weighted by atomic mass is 19.4. The van der Waals surface area contributed by atoms with Gasteiger partial charge < -0.3 is 9.84 Å². The van der Waals surface area contributed by atoms with Gasteiger partial charge in [0.1, 0.15) is 11.9 Å². The molecule has 0 aromatic heterocycles. The van der Waals surface area contributed by atoms with Crippen LogP contribution < -0.4 is 0 Å². The van der Waals surface area contributed by atoms with Gasteiger partial charge >= 0.3 is 6.18 Å². The first kappa shape index (κ1) is 11.3. The first-order valence-corrected chi connectivity index (χ1v) is 4.55. The van der Waals surface area contributed by atoms with Crippen molar-refractivity contribution in [3.63, 3.8) is 0 Å². The van der Waals surface area contributed by atoms with Gasteiger partial charge in [0, 0.05) is 5.56 Å². The fourth-order valence-corrected chi connectivity index (χ4v) is 1.69. The van der Waals surface area contributed by atoms with Crippen molar-refractivity contribution in [2.75, 3.05) is 6.61 Å². The number of aliphatic hydroxyl groups is 1. The van der Waals surface area contributed by atoms with Crippen LogP contribution in [-0.4, -0.2) is 11.7 Å². The zero-order valence-corrected chi connectivity index (χ0v) is 8.01. The van der Waals surface area contributed by atoms with E-state index in [1.54, 1.807) is 0 Å². The zero-order chi connectivity index (χ0) is 11.9. The minimum Gasteiger partial charge on any atom is -0.386 e. The lowest BCUT2D eigenvalue weighted by Crippen LogP contribution is -2.19. The lowest BCUT2D eigenvalue weighted by atomic mass is 9.97. The highest BCUT2D eigenvalue weighted by molar-refractivity contribution is 5.37. The Kier molecular flexibility index (Phi) is 2.63. The van der Waals surface area contributed by atoms with Gasteiger partial charge in [-0.25, -0.2) is 4.39 Å². The van der Waals surface area contributed by atoms with Crippen LogP contribution in [0.2, 0.25) is 0 Å². The highest BCUT2D eigenvalue weighted by Gasteiger charge is 2.34. The van der Waals surface area contributed by atoms with E-state index in [4.69, 9.17) is 4.74 Å². The fraction of sp³-hybridized carbons (Fsp3) is 0.400. The van der Waals surface area contributed by atoms with Gasteiger partial charge in [-0.3, -0.25) is 0 Å². The van der Waals surface area contributed by atoms with Crippen molar-refractivity contribution in [2.24, 2.45) is 0 Å². The number of hydrogen-bond donors (Lipinski definition) is 1. The summed E-state index contributed by atoms with van der Waals surface area (Å²) >= 11 is 0. The number of ether oxygens (including phenoxy) is 1. The summed E-state index contributed by atoms with van der Waals surface area (Å²) in [7, 11) is 0. The summed E-state index contributed by atoms with van der Waals surface area (Å²) in [5.74, 6) is -1.04. The molecular weight excluding hydrogens is 228 g/mol. The molecule has 0 saturated heterocycles. The second-order valence-corrected chi connectivity index (χ2v) is 3.56. The molecular formula is C10H8F4O2. The Balaban J connectivity index is 2.54. The molecule has 0 saturated carbocycles. The predicted molar refractivity (Wildman–Crippen MR) is 46.0 cm³/mol. The summed E-state index contributed by atoms with van der Waals surface area (Å²) in [6, 6.07) is 1.20. The van der Waals surface area contributed by atoms with E-state index in [1.807, 2.05) is 0 Å². The molecule has 0 amide bonds. The summed E-state index contributed by atoms with van der Waals surface area (Å²) in [6.07, 6.45) is -5.80. The van der Waals surface area contributed by atoms with E-state index in [0.717, 1.165) is 6.07 Å². The lowest BCUT2D eigenvalue weighted by Gasteiger charge is -2.23. The Morgan fingerprint density at radius 1 is 1.31 bits per heavy atom. The van der Waals surface area contributed by atoms with Gasteiger partial charge in [0.25, 0.3) is 0 Å². The van der Waals surface area contributed by atoms with Crippen molar-refractivity contribution >= 4 is 0 Å². The third-order valence-electron chi connectivity index (χ3n) is 2.41. The molecule has 1 aliphatic rings. The number of fused-ring (bicyclic) bond motifs is 1. The Labute approximate surface area is 88.5 Å². The van der Waals surface area contributed by atoms with Crippen molar-refractivity contribution < 1.29 is 27.4 Å². The first-order chi connectivity index (χ1) is 7.39. The molecule has 6 heteroatoms. The van der Waals surface area contributed by atoms with E-state index in [2.05, 4.69) is 0 Å². The van der Waals surface area contributed by atoms with Gasteiger partial charge in [0.2, 0.25) is 0 Å². The van der Waals surface area contributed by atoms with Crippen LogP contribution in [0.25, 0.3) is 0 Å². The molecule has 88 valence electrons. The molecule has 0 aliphatic carbocycles. The van der Waals surface area contributed by atoms with Crippen LogP contribution in [0.1, 0.15) is 22.8 Å². The SMILES string of the molecule is O[C@H]1COCc2cc(C(F)(F)F)cc(F)c21. The van der Waals surface area contributed by atoms with Gasteiger partial charge in [0.05, 0.1) is 18.8 Å². The van der Waals surface area contributed by atoms with Crippen LogP contribution in [0.15, 0.2) is 12.1 Å². The molecule has 16 heavy (non-hydrogen) atoms. The number of aliphatic hydroxyl groups excluding tert-OH is 1. The molecule has 0 radical (unpaired) electrons. The maximum absolute atomic E-state index is 13.4. The smallest absolute Gasteiger partial charge is 0.386 e. The molecule has 2 rings (SSSR count). The molecule has 1 atom stereocenters. The molecule has 0 unspecified atom stereocenters. The summed E-state index contributed by atoms with van der Waals surface area (Å²) in [5, 5.41) is 9.39. The van der Waals surface area contributed by atoms with Gasteiger partial charge in [0.15, 0.2) is 0 Å². The van der Waals surface area contributed by atoms with Gasteiger partial charge in [-0.05, 0) is 17.7 Å². The zero-order valence-electron chi connectivity index (χ0n) is 8.01. The first-order valence-electron chi connectivity index (χ1n) is 4.55. The summed E-state index contributed by atoms with van der Waals surface area (Å²) < 4.78 is 55.3. The van der Waals surface area contributed by atoms with Crippen molar-refractivity contribution in [3.8, 4) is 0 Å². The average Bonchev–Trinajstić information content (AvgIpc) is 2.15. The third kappa shape index (κ3) is 1.90. The molecule has 0 fully saturated rings. The lowest BCUT2D eigenvalue weighted by molar-refractivity contribution is -0.138. The van der Waals surface area contributed by atoms with E-state index in [9.17, 15) is 22.7 Å². The molecule has 1 aromatic carbocycles. The number of alkyl halides is 3. The Morgan fingerprint density at radius 2 is 2.00 bits per heavy atom. The van der Waals surface area contributed by atoms with E-state index in [0.29, 0.717) is 6.07 Å². The normalized spacial score (nSPS) is 20.7. The van der Waals surface area contributed by atoms with E-state index in [-0.39, 0.29) is 24.3 Å². The van der Waals surface area contributed by atoms with Crippen molar-refractivity contribution in [3.05, 3.63) is 34.6 Å². The fourth-order valence-electron chi connectivity index (χ4n) is 1.69. The quantitative estimate of drug-likeness (QED) is 0.701. The van der Waals surface area contributed by atoms with E-state index in [1.165, 1.54) is 0 Å². The van der Waals surface area contributed by atoms with E-state index >= 15 is 0 Å². The van der Waals surface area contributed by atoms with Gasteiger partial charge in [-0.1, -0.05) is 0 Å². The van der Waals surface area contributed by atoms with E-state index < -0.39 is 23.7 Å². The van der Waals surface area contributed by atoms with Crippen LogP contribution in [0.3, 0.4) is 0 Å².